The maximum Gasteiger partial charge on any atom is 0.0598 e. The van der Waals surface area contributed by atoms with Crippen LogP contribution in [0.15, 0.2) is 218 Å². The highest BCUT2D eigenvalue weighted by molar-refractivity contribution is 5.83. The van der Waals surface area contributed by atoms with Crippen molar-refractivity contribution < 1.29 is 0 Å². The summed E-state index contributed by atoms with van der Waals surface area (Å²) in [4.78, 5) is 7.21. The molecule has 0 fully saturated rings. The number of aryl methyl sites for hydroxylation is 4. The van der Waals surface area contributed by atoms with Crippen LogP contribution in [0.4, 0.5) is 39.8 Å². The molecule has 0 saturated heterocycles. The maximum absolute atomic E-state index is 2.54. The highest BCUT2D eigenvalue weighted by Crippen LogP contribution is 2.40. The first kappa shape index (κ1) is 41.0. The predicted molar refractivity (Wildman–Crippen MR) is 269 cm³/mol. The summed E-state index contributed by atoms with van der Waals surface area (Å²) in [6.07, 6.45) is 8.03. The highest BCUT2D eigenvalue weighted by Gasteiger charge is 2.31. The second kappa shape index (κ2) is 17.9. The number of hydrogen-bond acceptors (Lipinski definition) is 3. The van der Waals surface area contributed by atoms with Gasteiger partial charge in [0.1, 0.15) is 0 Å². The zero-order valence-electron chi connectivity index (χ0n) is 37.0. The van der Waals surface area contributed by atoms with E-state index in [1.54, 1.807) is 0 Å². The fourth-order valence-corrected chi connectivity index (χ4v) is 8.58. The molecular weight excluding hydrogens is 763 g/mol. The average Bonchev–Trinajstić information content (AvgIpc) is 3.32. The van der Waals surface area contributed by atoms with Gasteiger partial charge in [0.2, 0.25) is 0 Å². The van der Waals surface area contributed by atoms with Crippen LogP contribution in [0.25, 0.3) is 16.7 Å². The minimum absolute atomic E-state index is 0.172. The second-order valence-electron chi connectivity index (χ2n) is 17.3. The van der Waals surface area contributed by atoms with Gasteiger partial charge in [-0.1, -0.05) is 156 Å². The molecule has 0 aromatic heterocycles. The number of benzene rings is 8. The maximum atomic E-state index is 2.54. The molecule has 310 valence electrons. The first-order valence-corrected chi connectivity index (χ1v) is 22.1. The number of hydrogen-bond donors (Lipinski definition) is 0. The molecule has 8 aromatic carbocycles. The molecule has 0 saturated carbocycles. The normalized spacial score (nSPS) is 14.5. The third kappa shape index (κ3) is 9.15. The van der Waals surface area contributed by atoms with Crippen LogP contribution in [0.2, 0.25) is 0 Å². The van der Waals surface area contributed by atoms with E-state index < -0.39 is 0 Å². The Balaban J connectivity index is 0.959. The summed E-state index contributed by atoms with van der Waals surface area (Å²) in [5.74, 6) is 0. The van der Waals surface area contributed by atoms with E-state index in [2.05, 4.69) is 268 Å². The first-order chi connectivity index (χ1) is 30.7. The van der Waals surface area contributed by atoms with Gasteiger partial charge in [-0.05, 0) is 154 Å². The Morgan fingerprint density at radius 2 is 0.714 bits per heavy atom. The summed E-state index contributed by atoms with van der Waals surface area (Å²) in [6, 6.07) is 73.0. The molecular formula is C60H55N3. The van der Waals surface area contributed by atoms with Gasteiger partial charge in [0.15, 0.2) is 0 Å². The molecule has 1 atom stereocenters. The van der Waals surface area contributed by atoms with Crippen molar-refractivity contribution in [1.29, 1.82) is 0 Å². The molecule has 1 unspecified atom stereocenters. The monoisotopic (exact) mass is 817 g/mol. The van der Waals surface area contributed by atoms with Crippen LogP contribution in [0.3, 0.4) is 0 Å². The Bertz CT molecular complexity index is 2780. The molecule has 0 spiro atoms. The minimum Gasteiger partial charge on any atom is -0.358 e. The van der Waals surface area contributed by atoms with Crippen molar-refractivity contribution in [3.8, 4) is 11.1 Å². The molecule has 3 nitrogen and oxygen atoms in total. The smallest absolute Gasteiger partial charge is 0.0598 e. The number of nitrogens with zero attached hydrogens (tertiary/aromatic N) is 3. The van der Waals surface area contributed by atoms with E-state index in [9.17, 15) is 0 Å². The van der Waals surface area contributed by atoms with Crippen molar-refractivity contribution in [3.63, 3.8) is 0 Å². The van der Waals surface area contributed by atoms with Crippen molar-refractivity contribution in [2.24, 2.45) is 0 Å². The molecule has 8 aromatic rings. The zero-order chi connectivity index (χ0) is 43.3. The Labute approximate surface area is 374 Å². The summed E-state index contributed by atoms with van der Waals surface area (Å²) in [7, 11) is 0. The fraction of sp³-hybridized carbons (Fsp3) is 0.133. The van der Waals surface area contributed by atoms with Crippen molar-refractivity contribution >= 4 is 45.4 Å². The Kier molecular flexibility index (Phi) is 11.7. The lowest BCUT2D eigenvalue weighted by Gasteiger charge is -2.42. The van der Waals surface area contributed by atoms with Crippen LogP contribution in [-0.2, 0) is 6.54 Å². The molecule has 9 rings (SSSR count). The van der Waals surface area contributed by atoms with Gasteiger partial charge < -0.3 is 14.7 Å². The zero-order valence-corrected chi connectivity index (χ0v) is 37.0. The second-order valence-corrected chi connectivity index (χ2v) is 17.3. The van der Waals surface area contributed by atoms with Gasteiger partial charge in [-0.2, -0.15) is 0 Å². The van der Waals surface area contributed by atoms with Crippen LogP contribution >= 0.6 is 0 Å². The van der Waals surface area contributed by atoms with E-state index in [4.69, 9.17) is 0 Å². The first-order valence-electron chi connectivity index (χ1n) is 22.1. The lowest BCUT2D eigenvalue weighted by atomic mass is 9.86. The Morgan fingerprint density at radius 3 is 1.06 bits per heavy atom. The summed E-state index contributed by atoms with van der Waals surface area (Å²) in [5, 5.41) is 0. The molecule has 3 heteroatoms. The number of rotatable bonds is 12. The summed E-state index contributed by atoms with van der Waals surface area (Å²) in [5.41, 5.74) is 18.9. The molecule has 0 radical (unpaired) electrons. The van der Waals surface area contributed by atoms with Crippen molar-refractivity contribution in [2.45, 2.75) is 53.1 Å². The van der Waals surface area contributed by atoms with Crippen molar-refractivity contribution in [1.82, 2.24) is 0 Å². The topological polar surface area (TPSA) is 9.72 Å². The molecule has 0 N–H and O–H groups in total. The largest absolute Gasteiger partial charge is 0.358 e. The van der Waals surface area contributed by atoms with Gasteiger partial charge in [-0.25, -0.2) is 0 Å². The predicted octanol–water partition coefficient (Wildman–Crippen LogP) is 16.3. The third-order valence-corrected chi connectivity index (χ3v) is 12.4. The molecule has 1 aliphatic rings. The van der Waals surface area contributed by atoms with Crippen LogP contribution in [0.1, 0.15) is 46.7 Å². The number of allylic oxidation sites excluding steroid dienone is 2. The molecule has 0 heterocycles. The Hall–Kier alpha value is -7.36. The number of anilines is 7. The van der Waals surface area contributed by atoms with Crippen LogP contribution in [0.5, 0.6) is 0 Å². The summed E-state index contributed by atoms with van der Waals surface area (Å²) >= 11 is 0. The average molecular weight is 818 g/mol. The van der Waals surface area contributed by atoms with Gasteiger partial charge in [-0.15, -0.1) is 0 Å². The Morgan fingerprint density at radius 1 is 0.381 bits per heavy atom. The molecule has 0 aliphatic heterocycles. The van der Waals surface area contributed by atoms with E-state index in [0.717, 1.165) is 47.1 Å². The SMILES string of the molecule is Cc1ccc(N(c2ccc(C)cc2)c2ccc(-c3ccc(N(c4ccc(C)cc4)c4ccc(C5=CCC(C)(N(Cc6ccccc6)c6ccc(C)cc6)C=C5)cc4)cc3)cc2)cc1. The molecule has 1 aliphatic carbocycles. The van der Waals surface area contributed by atoms with E-state index >= 15 is 0 Å². The molecule has 63 heavy (non-hydrogen) atoms. The van der Waals surface area contributed by atoms with Crippen LogP contribution in [-0.4, -0.2) is 5.54 Å². The summed E-state index contributed by atoms with van der Waals surface area (Å²) < 4.78 is 0. The molecule has 0 bridgehead atoms. The van der Waals surface area contributed by atoms with Gasteiger partial charge in [0.05, 0.1) is 5.54 Å². The molecule has 0 amide bonds. The van der Waals surface area contributed by atoms with Gasteiger partial charge >= 0.3 is 0 Å². The highest BCUT2D eigenvalue weighted by atomic mass is 15.2. The lowest BCUT2D eigenvalue weighted by Crippen LogP contribution is -2.45. The minimum atomic E-state index is -0.172. The van der Waals surface area contributed by atoms with E-state index in [1.165, 1.54) is 55.8 Å². The third-order valence-electron chi connectivity index (χ3n) is 12.4. The van der Waals surface area contributed by atoms with Crippen LogP contribution in [0, 0.1) is 27.7 Å². The van der Waals surface area contributed by atoms with Crippen molar-refractivity contribution in [2.75, 3.05) is 14.7 Å². The van der Waals surface area contributed by atoms with E-state index in [0.29, 0.717) is 0 Å². The van der Waals surface area contributed by atoms with Gasteiger partial charge in [-0.3, -0.25) is 0 Å². The summed E-state index contributed by atoms with van der Waals surface area (Å²) in [6.45, 7) is 11.8. The van der Waals surface area contributed by atoms with Gasteiger partial charge in [0.25, 0.3) is 0 Å². The van der Waals surface area contributed by atoms with Crippen LogP contribution < -0.4 is 14.7 Å². The standard InChI is InChI=1S/C60H55N3/c1-44-11-25-53(26-12-44)61(43-48-9-7-6-8-10-48)60(5)41-39-52(40-42-60)51-23-37-59(38-24-51)63(56-31-17-47(4)18-32-56)58-35-21-50(22-36-58)49-19-33-57(34-20-49)62(54-27-13-45(2)14-28-54)55-29-15-46(3)16-30-55/h6-41H,42-43H2,1-5H3. The quantitative estimate of drug-likeness (QED) is 0.122. The lowest BCUT2D eigenvalue weighted by molar-refractivity contribution is 0.512. The van der Waals surface area contributed by atoms with E-state index in [-0.39, 0.29) is 5.54 Å². The fourth-order valence-electron chi connectivity index (χ4n) is 8.58. The van der Waals surface area contributed by atoms with Crippen molar-refractivity contribution in [3.05, 3.63) is 252 Å². The van der Waals surface area contributed by atoms with Gasteiger partial charge in [0, 0.05) is 46.4 Å². The van der Waals surface area contributed by atoms with E-state index in [1.807, 2.05) is 0 Å².